The van der Waals surface area contributed by atoms with Crippen LogP contribution in [0, 0.1) is 6.92 Å². The minimum Gasteiger partial charge on any atom is -0.321 e. The Morgan fingerprint density at radius 3 is 2.69 bits per heavy atom. The van der Waals surface area contributed by atoms with Crippen molar-refractivity contribution in [2.24, 2.45) is 0 Å². The van der Waals surface area contributed by atoms with Gasteiger partial charge in [0.2, 0.25) is 0 Å². The van der Waals surface area contributed by atoms with Gasteiger partial charge in [-0.3, -0.25) is 9.69 Å². The van der Waals surface area contributed by atoms with Gasteiger partial charge in [0.05, 0.1) is 18.1 Å². The van der Waals surface area contributed by atoms with Gasteiger partial charge >= 0.3 is 0 Å². The van der Waals surface area contributed by atoms with E-state index in [0.29, 0.717) is 19.6 Å². The Bertz CT molecular complexity index is 1480. The predicted octanol–water partition coefficient (Wildman–Crippen LogP) is 5.48. The average Bonchev–Trinajstić information content (AvgIpc) is 3.56. The van der Waals surface area contributed by atoms with E-state index in [-0.39, 0.29) is 11.6 Å². The molecule has 1 unspecified atom stereocenters. The first-order valence-electron chi connectivity index (χ1n) is 12.3. The van der Waals surface area contributed by atoms with E-state index in [1.807, 2.05) is 48.0 Å². The maximum Gasteiger partial charge on any atom is 0.252 e. The highest BCUT2D eigenvalue weighted by Gasteiger charge is 2.27. The van der Waals surface area contributed by atoms with E-state index >= 15 is 0 Å². The number of para-hydroxylation sites is 1. The Morgan fingerprint density at radius 1 is 1.06 bits per heavy atom. The maximum atomic E-state index is 13.2. The van der Waals surface area contributed by atoms with Crippen molar-refractivity contribution in [3.05, 3.63) is 110 Å². The highest BCUT2D eigenvalue weighted by Crippen LogP contribution is 2.29. The van der Waals surface area contributed by atoms with Gasteiger partial charge < -0.3 is 4.98 Å². The number of aromatic nitrogens is 5. The smallest absolute Gasteiger partial charge is 0.252 e. The molecule has 2 aromatic carbocycles. The molecule has 1 N–H and O–H groups in total. The molecule has 3 heterocycles. The fraction of sp³-hybridized carbons (Fsp3) is 0.286. The highest BCUT2D eigenvalue weighted by atomic mass is 32.1. The minimum atomic E-state index is -0.0490. The summed E-state index contributed by atoms with van der Waals surface area (Å²) < 4.78 is 1.89. The first-order chi connectivity index (χ1) is 17.6. The molecular formula is C28H30N6OS. The van der Waals surface area contributed by atoms with Crippen molar-refractivity contribution in [3.8, 4) is 0 Å². The van der Waals surface area contributed by atoms with Crippen molar-refractivity contribution in [1.29, 1.82) is 0 Å². The monoisotopic (exact) mass is 498 g/mol. The summed E-state index contributed by atoms with van der Waals surface area (Å²) in [7, 11) is 0. The third-order valence-corrected chi connectivity index (χ3v) is 7.37. The van der Waals surface area contributed by atoms with E-state index in [1.54, 1.807) is 11.3 Å². The van der Waals surface area contributed by atoms with Gasteiger partial charge in [-0.25, -0.2) is 4.68 Å². The molecule has 7 nitrogen and oxygen atoms in total. The van der Waals surface area contributed by atoms with Crippen LogP contribution in [0.25, 0.3) is 10.9 Å². The zero-order valence-corrected chi connectivity index (χ0v) is 21.4. The molecule has 0 aliphatic rings. The number of fused-ring (bicyclic) bond motifs is 1. The lowest BCUT2D eigenvalue weighted by Gasteiger charge is -2.30. The molecule has 5 rings (SSSR count). The number of nitrogens with one attached hydrogen (secondary N) is 1. The van der Waals surface area contributed by atoms with Crippen LogP contribution in [-0.4, -0.2) is 30.1 Å². The molecule has 184 valence electrons. The standard InChI is InChI=1S/C28H30N6OS/c1-3-9-25(27-30-31-32-34(27)17-21-11-5-4-6-12-21)33(19-24-14-8-15-36-24)18-23-16-22-13-7-10-20(2)26(22)29-28(23)35/h4-8,10-16,25H,3,9,17-19H2,1-2H3,(H,29,35). The number of aryl methyl sites for hydroxylation is 1. The van der Waals surface area contributed by atoms with Gasteiger partial charge in [0.25, 0.3) is 5.56 Å². The summed E-state index contributed by atoms with van der Waals surface area (Å²) in [5, 5.41) is 16.0. The average molecular weight is 499 g/mol. The second kappa shape index (κ2) is 11.0. The van der Waals surface area contributed by atoms with Gasteiger partial charge in [-0.05, 0) is 57.8 Å². The number of benzene rings is 2. The summed E-state index contributed by atoms with van der Waals surface area (Å²) in [6, 6.07) is 22.5. The Hall–Kier alpha value is -3.62. The Morgan fingerprint density at radius 2 is 1.92 bits per heavy atom. The first-order valence-corrected chi connectivity index (χ1v) is 13.2. The third kappa shape index (κ3) is 5.29. The third-order valence-electron chi connectivity index (χ3n) is 6.51. The number of nitrogens with zero attached hydrogens (tertiary/aromatic N) is 5. The number of tetrazole rings is 1. The molecule has 0 spiro atoms. The largest absolute Gasteiger partial charge is 0.321 e. The maximum absolute atomic E-state index is 13.2. The van der Waals surface area contributed by atoms with E-state index in [2.05, 4.69) is 68.0 Å². The lowest BCUT2D eigenvalue weighted by molar-refractivity contribution is 0.157. The minimum absolute atomic E-state index is 0.0385. The zero-order valence-electron chi connectivity index (χ0n) is 20.6. The Kier molecular flexibility index (Phi) is 7.34. The quantitative estimate of drug-likeness (QED) is 0.276. The van der Waals surface area contributed by atoms with Crippen molar-refractivity contribution < 1.29 is 0 Å². The predicted molar refractivity (Wildman–Crippen MR) is 144 cm³/mol. The van der Waals surface area contributed by atoms with Crippen LogP contribution in [0.2, 0.25) is 0 Å². The summed E-state index contributed by atoms with van der Waals surface area (Å²) in [6.07, 6.45) is 1.85. The van der Waals surface area contributed by atoms with Gasteiger partial charge in [0.1, 0.15) is 0 Å². The molecule has 0 bridgehead atoms. The molecule has 0 radical (unpaired) electrons. The molecule has 0 saturated heterocycles. The zero-order chi connectivity index (χ0) is 24.9. The number of aromatic amines is 1. The molecule has 8 heteroatoms. The van der Waals surface area contributed by atoms with Crippen molar-refractivity contribution in [2.45, 2.75) is 52.4 Å². The molecule has 0 saturated carbocycles. The number of rotatable bonds is 10. The van der Waals surface area contributed by atoms with Crippen molar-refractivity contribution in [2.75, 3.05) is 0 Å². The molecule has 3 aromatic heterocycles. The molecule has 36 heavy (non-hydrogen) atoms. The first kappa shape index (κ1) is 24.1. The fourth-order valence-electron chi connectivity index (χ4n) is 4.71. The van der Waals surface area contributed by atoms with Crippen LogP contribution in [0.3, 0.4) is 0 Å². The van der Waals surface area contributed by atoms with Gasteiger partial charge in [-0.15, -0.1) is 16.4 Å². The lowest BCUT2D eigenvalue weighted by atomic mass is 10.1. The van der Waals surface area contributed by atoms with Crippen molar-refractivity contribution >= 4 is 22.2 Å². The van der Waals surface area contributed by atoms with Crippen LogP contribution in [0.1, 0.15) is 53.2 Å². The summed E-state index contributed by atoms with van der Waals surface area (Å²) in [5.74, 6) is 0.824. The van der Waals surface area contributed by atoms with Crippen molar-refractivity contribution in [1.82, 2.24) is 30.1 Å². The van der Waals surface area contributed by atoms with Crippen LogP contribution in [0.15, 0.2) is 76.9 Å². The van der Waals surface area contributed by atoms with Crippen LogP contribution >= 0.6 is 11.3 Å². The van der Waals surface area contributed by atoms with Gasteiger partial charge in [0, 0.05) is 23.5 Å². The number of pyridine rings is 1. The summed E-state index contributed by atoms with van der Waals surface area (Å²) in [5.41, 5.74) is 3.80. The SMILES string of the molecule is CCCC(c1nnnn1Cc1ccccc1)N(Cc1cccs1)Cc1cc2cccc(C)c2[nH]c1=O. The summed E-state index contributed by atoms with van der Waals surface area (Å²) in [4.78, 5) is 19.9. The molecule has 0 aliphatic carbocycles. The Balaban J connectivity index is 1.53. The highest BCUT2D eigenvalue weighted by molar-refractivity contribution is 7.09. The Labute approximate surface area is 214 Å². The fourth-order valence-corrected chi connectivity index (χ4v) is 5.44. The van der Waals surface area contributed by atoms with Gasteiger partial charge in [-0.1, -0.05) is 67.9 Å². The number of hydrogen-bond donors (Lipinski definition) is 1. The van der Waals surface area contributed by atoms with Crippen LogP contribution in [0.4, 0.5) is 0 Å². The molecule has 1 atom stereocenters. The van der Waals surface area contributed by atoms with E-state index < -0.39 is 0 Å². The number of H-pyrrole nitrogens is 1. The van der Waals surface area contributed by atoms with E-state index in [4.69, 9.17) is 0 Å². The van der Waals surface area contributed by atoms with Crippen LogP contribution in [-0.2, 0) is 19.6 Å². The van der Waals surface area contributed by atoms with Crippen molar-refractivity contribution in [3.63, 3.8) is 0 Å². The molecular weight excluding hydrogens is 468 g/mol. The van der Waals surface area contributed by atoms with Gasteiger partial charge in [0.15, 0.2) is 5.82 Å². The normalized spacial score (nSPS) is 12.4. The summed E-state index contributed by atoms with van der Waals surface area (Å²) >= 11 is 1.72. The van der Waals surface area contributed by atoms with Crippen LogP contribution in [0.5, 0.6) is 0 Å². The lowest BCUT2D eigenvalue weighted by Crippen LogP contribution is -2.32. The number of hydrogen-bond acceptors (Lipinski definition) is 6. The van der Waals surface area contributed by atoms with E-state index in [1.165, 1.54) is 4.88 Å². The van der Waals surface area contributed by atoms with E-state index in [0.717, 1.165) is 46.3 Å². The summed E-state index contributed by atoms with van der Waals surface area (Å²) in [6.45, 7) is 6.01. The second-order valence-corrected chi connectivity index (χ2v) is 10.2. The molecule has 5 aromatic rings. The molecule has 0 aliphatic heterocycles. The van der Waals surface area contributed by atoms with Gasteiger partial charge in [-0.2, -0.15) is 0 Å². The second-order valence-electron chi connectivity index (χ2n) is 9.13. The van der Waals surface area contributed by atoms with Crippen LogP contribution < -0.4 is 5.56 Å². The topological polar surface area (TPSA) is 79.7 Å². The number of thiophene rings is 1. The molecule has 0 amide bonds. The van der Waals surface area contributed by atoms with E-state index in [9.17, 15) is 4.79 Å². The molecule has 0 fully saturated rings.